The summed E-state index contributed by atoms with van der Waals surface area (Å²) >= 11 is 1.74. The first kappa shape index (κ1) is 26.4. The SMILES string of the molecule is c1ccc(-c2ccc(-c3nc4cc5sc6cccc(-c7nc(-c8ccccc8)nc(-c8ccccc8)n7)c6c5cc4o3)cc2)cc1. The van der Waals surface area contributed by atoms with E-state index >= 15 is 0 Å². The van der Waals surface area contributed by atoms with E-state index in [0.29, 0.717) is 23.4 Å². The van der Waals surface area contributed by atoms with Gasteiger partial charge in [-0.15, -0.1) is 11.3 Å². The normalized spacial score (nSPS) is 11.5. The van der Waals surface area contributed by atoms with Crippen LogP contribution in [0.3, 0.4) is 0 Å². The van der Waals surface area contributed by atoms with Crippen molar-refractivity contribution in [2.24, 2.45) is 0 Å². The molecular formula is C40H24N4OS. The van der Waals surface area contributed by atoms with Gasteiger partial charge in [0.2, 0.25) is 5.89 Å². The van der Waals surface area contributed by atoms with Crippen LogP contribution in [0, 0.1) is 0 Å². The Morgan fingerprint density at radius 3 is 1.65 bits per heavy atom. The number of aromatic nitrogens is 4. The monoisotopic (exact) mass is 608 g/mol. The molecule has 0 radical (unpaired) electrons. The van der Waals surface area contributed by atoms with Crippen LogP contribution < -0.4 is 0 Å². The maximum atomic E-state index is 6.38. The lowest BCUT2D eigenvalue weighted by Crippen LogP contribution is -2.00. The Hall–Kier alpha value is -5.98. The summed E-state index contributed by atoms with van der Waals surface area (Å²) in [7, 11) is 0. The van der Waals surface area contributed by atoms with E-state index in [1.807, 2.05) is 66.7 Å². The maximum Gasteiger partial charge on any atom is 0.227 e. The number of hydrogen-bond acceptors (Lipinski definition) is 6. The van der Waals surface area contributed by atoms with Crippen molar-refractivity contribution in [2.45, 2.75) is 0 Å². The molecule has 0 aliphatic heterocycles. The summed E-state index contributed by atoms with van der Waals surface area (Å²) < 4.78 is 8.66. The van der Waals surface area contributed by atoms with Crippen LogP contribution in [0.2, 0.25) is 0 Å². The molecule has 0 N–H and O–H groups in total. The summed E-state index contributed by atoms with van der Waals surface area (Å²) in [5.41, 5.74) is 7.70. The largest absolute Gasteiger partial charge is 0.436 e. The summed E-state index contributed by atoms with van der Waals surface area (Å²) in [6, 6.07) is 49.4. The van der Waals surface area contributed by atoms with Crippen molar-refractivity contribution in [3.05, 3.63) is 146 Å². The van der Waals surface area contributed by atoms with Crippen LogP contribution in [-0.2, 0) is 0 Å². The van der Waals surface area contributed by atoms with E-state index in [-0.39, 0.29) is 0 Å². The van der Waals surface area contributed by atoms with Crippen LogP contribution in [-0.4, -0.2) is 19.9 Å². The molecule has 46 heavy (non-hydrogen) atoms. The van der Waals surface area contributed by atoms with Crippen molar-refractivity contribution >= 4 is 42.6 Å². The molecule has 0 saturated carbocycles. The fourth-order valence-electron chi connectivity index (χ4n) is 5.92. The van der Waals surface area contributed by atoms with Gasteiger partial charge in [0.15, 0.2) is 23.1 Å². The fraction of sp³-hybridized carbons (Fsp3) is 0. The first-order valence-corrected chi connectivity index (χ1v) is 15.9. The van der Waals surface area contributed by atoms with Gasteiger partial charge < -0.3 is 4.42 Å². The molecule has 0 atom stereocenters. The Morgan fingerprint density at radius 2 is 1.00 bits per heavy atom. The van der Waals surface area contributed by atoms with Gasteiger partial charge in [-0.2, -0.15) is 0 Å². The number of oxazole rings is 1. The molecule has 0 amide bonds. The molecule has 6 aromatic carbocycles. The molecule has 9 aromatic rings. The Balaban J connectivity index is 1.18. The minimum absolute atomic E-state index is 0.606. The molecule has 5 nitrogen and oxygen atoms in total. The summed E-state index contributed by atoms with van der Waals surface area (Å²) in [6.45, 7) is 0. The third kappa shape index (κ3) is 4.64. The van der Waals surface area contributed by atoms with Crippen LogP contribution >= 0.6 is 11.3 Å². The quantitative estimate of drug-likeness (QED) is 0.194. The molecule has 3 aromatic heterocycles. The molecule has 0 bridgehead atoms. The van der Waals surface area contributed by atoms with Crippen LogP contribution in [0.1, 0.15) is 0 Å². The standard InChI is InChI=1S/C40H24N4OS/c1-4-11-25(12-5-1)26-19-21-29(22-20-26)40-41-32-24-35-31(23-33(32)45-40)36-30(17-10-18-34(36)46-35)39-43-37(27-13-6-2-7-14-27)42-38(44-39)28-15-8-3-9-16-28/h1-24H. The summed E-state index contributed by atoms with van der Waals surface area (Å²) in [5.74, 6) is 2.52. The van der Waals surface area contributed by atoms with E-state index in [1.165, 1.54) is 5.56 Å². The van der Waals surface area contributed by atoms with Gasteiger partial charge in [-0.3, -0.25) is 0 Å². The van der Waals surface area contributed by atoms with Crippen LogP contribution in [0.15, 0.2) is 150 Å². The second kappa shape index (κ2) is 10.9. The third-order valence-electron chi connectivity index (χ3n) is 8.18. The average Bonchev–Trinajstić information content (AvgIpc) is 3.72. The lowest BCUT2D eigenvalue weighted by atomic mass is 10.0. The number of rotatable bonds is 5. The second-order valence-corrected chi connectivity index (χ2v) is 12.2. The zero-order chi connectivity index (χ0) is 30.5. The number of fused-ring (bicyclic) bond motifs is 4. The molecule has 0 aliphatic rings. The van der Waals surface area contributed by atoms with Gasteiger partial charge in [-0.25, -0.2) is 19.9 Å². The van der Waals surface area contributed by atoms with Crippen LogP contribution in [0.5, 0.6) is 0 Å². The van der Waals surface area contributed by atoms with Gasteiger partial charge in [0.25, 0.3) is 0 Å². The summed E-state index contributed by atoms with van der Waals surface area (Å²) in [6.07, 6.45) is 0. The summed E-state index contributed by atoms with van der Waals surface area (Å²) in [4.78, 5) is 19.8. The van der Waals surface area contributed by atoms with Crippen LogP contribution in [0.4, 0.5) is 0 Å². The minimum Gasteiger partial charge on any atom is -0.436 e. The fourth-order valence-corrected chi connectivity index (χ4v) is 7.07. The highest BCUT2D eigenvalue weighted by Crippen LogP contribution is 2.42. The highest BCUT2D eigenvalue weighted by atomic mass is 32.1. The molecule has 9 rings (SSSR count). The first-order valence-electron chi connectivity index (χ1n) is 15.1. The van der Waals surface area contributed by atoms with Gasteiger partial charge >= 0.3 is 0 Å². The lowest BCUT2D eigenvalue weighted by molar-refractivity contribution is 0.620. The zero-order valence-corrected chi connectivity index (χ0v) is 25.3. The van der Waals surface area contributed by atoms with E-state index in [1.54, 1.807) is 11.3 Å². The van der Waals surface area contributed by atoms with Gasteiger partial charge in [0.1, 0.15) is 5.52 Å². The van der Waals surface area contributed by atoms with E-state index in [0.717, 1.165) is 59.1 Å². The van der Waals surface area contributed by atoms with E-state index < -0.39 is 0 Å². The third-order valence-corrected chi connectivity index (χ3v) is 9.30. The minimum atomic E-state index is 0.606. The van der Waals surface area contributed by atoms with Gasteiger partial charge in [0, 0.05) is 42.4 Å². The topological polar surface area (TPSA) is 64.7 Å². The zero-order valence-electron chi connectivity index (χ0n) is 24.5. The van der Waals surface area contributed by atoms with Crippen molar-refractivity contribution in [3.63, 3.8) is 0 Å². The number of hydrogen-bond donors (Lipinski definition) is 0. The second-order valence-electron chi connectivity index (χ2n) is 11.1. The van der Waals surface area contributed by atoms with Crippen molar-refractivity contribution in [3.8, 4) is 56.7 Å². The lowest BCUT2D eigenvalue weighted by Gasteiger charge is -2.09. The van der Waals surface area contributed by atoms with Gasteiger partial charge in [-0.1, -0.05) is 115 Å². The Labute approximate surface area is 268 Å². The highest BCUT2D eigenvalue weighted by Gasteiger charge is 2.19. The van der Waals surface area contributed by atoms with Gasteiger partial charge in [-0.05, 0) is 41.5 Å². The van der Waals surface area contributed by atoms with Gasteiger partial charge in [0.05, 0.1) is 0 Å². The Bertz CT molecular complexity index is 2450. The molecule has 0 spiro atoms. The van der Waals surface area contributed by atoms with E-state index in [2.05, 4.69) is 78.9 Å². The molecule has 216 valence electrons. The molecular weight excluding hydrogens is 585 g/mol. The maximum absolute atomic E-state index is 6.38. The van der Waals surface area contributed by atoms with Crippen molar-refractivity contribution in [2.75, 3.05) is 0 Å². The predicted octanol–water partition coefficient (Wildman–Crippen LogP) is 10.7. The highest BCUT2D eigenvalue weighted by molar-refractivity contribution is 7.26. The van der Waals surface area contributed by atoms with Crippen LogP contribution in [0.25, 0.3) is 88.0 Å². The molecule has 0 aliphatic carbocycles. The molecule has 0 unspecified atom stereocenters. The Kier molecular flexibility index (Phi) is 6.25. The Morgan fingerprint density at radius 1 is 0.435 bits per heavy atom. The van der Waals surface area contributed by atoms with Crippen molar-refractivity contribution in [1.82, 2.24) is 19.9 Å². The van der Waals surface area contributed by atoms with E-state index in [9.17, 15) is 0 Å². The smallest absolute Gasteiger partial charge is 0.227 e. The first-order chi connectivity index (χ1) is 22.8. The number of nitrogens with zero attached hydrogens (tertiary/aromatic N) is 4. The predicted molar refractivity (Wildman–Crippen MR) is 187 cm³/mol. The number of thiophene rings is 1. The molecule has 0 fully saturated rings. The van der Waals surface area contributed by atoms with E-state index in [4.69, 9.17) is 24.4 Å². The van der Waals surface area contributed by atoms with Crippen molar-refractivity contribution < 1.29 is 4.42 Å². The number of benzene rings is 6. The molecule has 3 heterocycles. The molecule has 6 heteroatoms. The average molecular weight is 609 g/mol. The summed E-state index contributed by atoms with van der Waals surface area (Å²) in [5, 5.41) is 2.19. The molecule has 0 saturated heterocycles. The van der Waals surface area contributed by atoms with Crippen molar-refractivity contribution in [1.29, 1.82) is 0 Å².